The third-order valence-corrected chi connectivity index (χ3v) is 5.43. The number of aromatic nitrogens is 2. The van der Waals surface area contributed by atoms with Crippen molar-refractivity contribution >= 4 is 22.6 Å². The molecule has 3 N–H and O–H groups in total. The Kier molecular flexibility index (Phi) is 8.30. The fourth-order valence-corrected chi connectivity index (χ4v) is 3.71. The van der Waals surface area contributed by atoms with Gasteiger partial charge in [-0.05, 0) is 30.7 Å². The van der Waals surface area contributed by atoms with Gasteiger partial charge in [-0.25, -0.2) is 4.98 Å². The van der Waals surface area contributed by atoms with Gasteiger partial charge in [-0.2, -0.15) is 0 Å². The molecule has 0 aliphatic rings. The van der Waals surface area contributed by atoms with Crippen molar-refractivity contribution in [3.8, 4) is 17.1 Å². The van der Waals surface area contributed by atoms with E-state index in [4.69, 9.17) is 0 Å². The number of amides is 1. The first kappa shape index (κ1) is 21.9. The van der Waals surface area contributed by atoms with E-state index in [1.165, 1.54) is 44.9 Å². The topological polar surface area (TPSA) is 78.0 Å². The molecule has 0 saturated carbocycles. The highest BCUT2D eigenvalue weighted by Gasteiger charge is 2.11. The van der Waals surface area contributed by atoms with E-state index in [9.17, 15) is 9.90 Å². The van der Waals surface area contributed by atoms with Crippen molar-refractivity contribution < 1.29 is 9.90 Å². The highest BCUT2D eigenvalue weighted by Crippen LogP contribution is 2.31. The van der Waals surface area contributed by atoms with Crippen LogP contribution in [0.15, 0.2) is 42.5 Å². The number of phenolic OH excluding ortho intramolecular Hbond substituents is 1. The van der Waals surface area contributed by atoms with E-state index in [1.54, 1.807) is 18.2 Å². The molecule has 0 aliphatic heterocycles. The van der Waals surface area contributed by atoms with Gasteiger partial charge in [-0.3, -0.25) is 4.79 Å². The molecule has 0 radical (unpaired) electrons. The van der Waals surface area contributed by atoms with Crippen LogP contribution in [0.2, 0.25) is 0 Å². The van der Waals surface area contributed by atoms with Crippen LogP contribution in [-0.4, -0.2) is 21.0 Å². The minimum Gasteiger partial charge on any atom is -0.507 e. The maximum absolute atomic E-state index is 12.2. The first-order valence-corrected chi connectivity index (χ1v) is 11.3. The number of carbonyl (C=O) groups excluding carboxylic acids is 1. The average molecular weight is 408 g/mol. The smallest absolute Gasteiger partial charge is 0.224 e. The predicted molar refractivity (Wildman–Crippen MR) is 124 cm³/mol. The molecule has 2 aromatic carbocycles. The van der Waals surface area contributed by atoms with Gasteiger partial charge in [0.15, 0.2) is 0 Å². The molecule has 1 amide bonds. The van der Waals surface area contributed by atoms with Gasteiger partial charge in [0.1, 0.15) is 11.6 Å². The molecular formula is C25H33N3O2. The second-order valence-electron chi connectivity index (χ2n) is 7.96. The lowest BCUT2D eigenvalue weighted by Crippen LogP contribution is -2.11. The van der Waals surface area contributed by atoms with Gasteiger partial charge in [0.25, 0.3) is 0 Å². The molecule has 5 nitrogen and oxygen atoms in total. The van der Waals surface area contributed by atoms with Crippen molar-refractivity contribution in [2.75, 3.05) is 5.32 Å². The summed E-state index contributed by atoms with van der Waals surface area (Å²) >= 11 is 0. The van der Waals surface area contributed by atoms with Crippen molar-refractivity contribution in [2.24, 2.45) is 0 Å². The van der Waals surface area contributed by atoms with Crippen molar-refractivity contribution in [1.82, 2.24) is 9.97 Å². The Bertz CT molecular complexity index is 915. The monoisotopic (exact) mass is 407 g/mol. The van der Waals surface area contributed by atoms with Crippen molar-refractivity contribution in [3.63, 3.8) is 0 Å². The number of para-hydroxylation sites is 2. The van der Waals surface area contributed by atoms with E-state index in [-0.39, 0.29) is 11.7 Å². The van der Waals surface area contributed by atoms with Crippen molar-refractivity contribution in [2.45, 2.75) is 71.1 Å². The third-order valence-electron chi connectivity index (χ3n) is 5.43. The van der Waals surface area contributed by atoms with Crippen LogP contribution >= 0.6 is 0 Å². The highest BCUT2D eigenvalue weighted by molar-refractivity contribution is 5.91. The van der Waals surface area contributed by atoms with E-state index >= 15 is 0 Å². The Hall–Kier alpha value is -2.82. The number of imidazole rings is 1. The highest BCUT2D eigenvalue weighted by atomic mass is 16.3. The molecule has 0 spiro atoms. The van der Waals surface area contributed by atoms with Gasteiger partial charge in [0, 0.05) is 18.2 Å². The maximum Gasteiger partial charge on any atom is 0.224 e. The molecule has 5 heteroatoms. The lowest BCUT2D eigenvalue weighted by Gasteiger charge is -2.08. The number of carbonyl (C=O) groups is 1. The van der Waals surface area contributed by atoms with E-state index in [0.717, 1.165) is 23.9 Å². The first-order chi connectivity index (χ1) is 14.7. The number of rotatable bonds is 12. The summed E-state index contributed by atoms with van der Waals surface area (Å²) in [5, 5.41) is 13.3. The number of hydrogen-bond acceptors (Lipinski definition) is 3. The van der Waals surface area contributed by atoms with Crippen LogP contribution in [0.1, 0.15) is 71.1 Å². The van der Waals surface area contributed by atoms with Crippen LogP contribution in [0.3, 0.4) is 0 Å². The number of unbranched alkanes of at least 4 members (excludes halogenated alkanes) is 8. The Balaban J connectivity index is 1.42. The zero-order valence-electron chi connectivity index (χ0n) is 17.9. The lowest BCUT2D eigenvalue weighted by molar-refractivity contribution is -0.116. The van der Waals surface area contributed by atoms with Gasteiger partial charge in [-0.1, -0.05) is 70.4 Å². The Labute approximate surface area is 178 Å². The van der Waals surface area contributed by atoms with Crippen LogP contribution in [0.4, 0.5) is 5.69 Å². The number of benzene rings is 2. The van der Waals surface area contributed by atoms with E-state index in [2.05, 4.69) is 22.2 Å². The van der Waals surface area contributed by atoms with Crippen LogP contribution < -0.4 is 5.32 Å². The molecule has 1 heterocycles. The van der Waals surface area contributed by atoms with Gasteiger partial charge < -0.3 is 15.4 Å². The minimum atomic E-state index is -0.00571. The minimum absolute atomic E-state index is 0.00571. The fourth-order valence-electron chi connectivity index (χ4n) is 3.71. The van der Waals surface area contributed by atoms with Crippen LogP contribution in [0.25, 0.3) is 22.4 Å². The number of aromatic amines is 1. The summed E-state index contributed by atoms with van der Waals surface area (Å²) in [5.74, 6) is 0.699. The number of hydrogen-bond donors (Lipinski definition) is 3. The molecule has 1 aromatic heterocycles. The number of phenols is 1. The second-order valence-corrected chi connectivity index (χ2v) is 7.96. The van der Waals surface area contributed by atoms with Crippen LogP contribution in [0.5, 0.6) is 5.75 Å². The van der Waals surface area contributed by atoms with Crippen molar-refractivity contribution in [3.05, 3.63) is 42.5 Å². The number of nitrogens with one attached hydrogen (secondary N) is 2. The van der Waals surface area contributed by atoms with E-state index < -0.39 is 0 Å². The summed E-state index contributed by atoms with van der Waals surface area (Å²) in [6.07, 6.45) is 11.6. The zero-order valence-corrected chi connectivity index (χ0v) is 17.9. The van der Waals surface area contributed by atoms with Gasteiger partial charge in [-0.15, -0.1) is 0 Å². The average Bonchev–Trinajstić information content (AvgIpc) is 3.16. The standard InChI is InChI=1S/C25H33N3O2/c1-2-3-4-5-6-7-8-9-10-15-24(30)26-19-16-17-20(23(29)18-19)25-27-21-13-11-12-14-22(21)28-25/h11-14,16-18,29H,2-10,15H2,1H3,(H,26,30)(H,27,28). The largest absolute Gasteiger partial charge is 0.507 e. The first-order valence-electron chi connectivity index (χ1n) is 11.3. The number of H-pyrrole nitrogens is 1. The van der Waals surface area contributed by atoms with E-state index in [0.29, 0.717) is 23.5 Å². The molecule has 0 aliphatic carbocycles. The Morgan fingerprint density at radius 3 is 2.37 bits per heavy atom. The van der Waals surface area contributed by atoms with Gasteiger partial charge in [0.05, 0.1) is 16.6 Å². The van der Waals surface area contributed by atoms with Gasteiger partial charge >= 0.3 is 0 Å². The molecule has 30 heavy (non-hydrogen) atoms. The molecule has 0 fully saturated rings. The van der Waals surface area contributed by atoms with Crippen molar-refractivity contribution in [1.29, 1.82) is 0 Å². The lowest BCUT2D eigenvalue weighted by atomic mass is 10.1. The summed E-state index contributed by atoms with van der Waals surface area (Å²) in [7, 11) is 0. The number of aromatic hydroxyl groups is 1. The zero-order chi connectivity index (χ0) is 21.2. The number of anilines is 1. The number of nitrogens with zero attached hydrogens (tertiary/aromatic N) is 1. The van der Waals surface area contributed by atoms with Gasteiger partial charge in [0.2, 0.25) is 5.91 Å². The summed E-state index contributed by atoms with van der Waals surface area (Å²) in [4.78, 5) is 19.9. The molecule has 0 unspecified atom stereocenters. The maximum atomic E-state index is 12.2. The molecule has 0 atom stereocenters. The molecule has 3 rings (SSSR count). The Morgan fingerprint density at radius 2 is 1.67 bits per heavy atom. The molecule has 160 valence electrons. The molecular weight excluding hydrogens is 374 g/mol. The second kappa shape index (κ2) is 11.4. The fraction of sp³-hybridized carbons (Fsp3) is 0.440. The molecule has 0 bridgehead atoms. The quantitative estimate of drug-likeness (QED) is 0.289. The number of fused-ring (bicyclic) bond motifs is 1. The van der Waals surface area contributed by atoms with Crippen LogP contribution in [0, 0.1) is 0 Å². The molecule has 0 saturated heterocycles. The normalized spacial score (nSPS) is 11.1. The summed E-state index contributed by atoms with van der Waals surface area (Å²) in [6, 6.07) is 12.9. The summed E-state index contributed by atoms with van der Waals surface area (Å²) in [5.41, 5.74) is 2.99. The third kappa shape index (κ3) is 6.34. The summed E-state index contributed by atoms with van der Waals surface area (Å²) in [6.45, 7) is 2.24. The Morgan fingerprint density at radius 1 is 0.967 bits per heavy atom. The van der Waals surface area contributed by atoms with Crippen LogP contribution in [-0.2, 0) is 4.79 Å². The molecule has 3 aromatic rings. The predicted octanol–water partition coefficient (Wildman–Crippen LogP) is 6.79. The van der Waals surface area contributed by atoms with E-state index in [1.807, 2.05) is 24.3 Å². The summed E-state index contributed by atoms with van der Waals surface area (Å²) < 4.78 is 0. The SMILES string of the molecule is CCCCCCCCCCCC(=O)Nc1ccc(-c2nc3ccccc3[nH]2)c(O)c1.